The van der Waals surface area contributed by atoms with Crippen LogP contribution in [0.25, 0.3) is 0 Å². The summed E-state index contributed by atoms with van der Waals surface area (Å²) in [6.45, 7) is 4.84. The summed E-state index contributed by atoms with van der Waals surface area (Å²) < 4.78 is 44.4. The molecule has 0 radical (unpaired) electrons. The predicted molar refractivity (Wildman–Crippen MR) is 142 cm³/mol. The molecule has 196 valence electrons. The number of benzene rings is 3. The van der Waals surface area contributed by atoms with E-state index >= 15 is 0 Å². The van der Waals surface area contributed by atoms with Gasteiger partial charge in [-0.25, -0.2) is 8.42 Å². The fraction of sp³-hybridized carbons (Fsp3) is 0.296. The quantitative estimate of drug-likeness (QED) is 0.432. The fourth-order valence-corrected chi connectivity index (χ4v) is 5.10. The summed E-state index contributed by atoms with van der Waals surface area (Å²) in [6, 6.07) is 20.5. The number of hydrogen-bond donors (Lipinski definition) is 1. The number of nitrogens with zero attached hydrogens (tertiary/aromatic N) is 2. The Bertz CT molecular complexity index is 1290. The molecule has 0 unspecified atom stereocenters. The van der Waals surface area contributed by atoms with E-state index in [-0.39, 0.29) is 17.4 Å². The molecule has 1 aliphatic heterocycles. The maximum atomic E-state index is 12.7. The Hall–Kier alpha value is -3.92. The van der Waals surface area contributed by atoms with Gasteiger partial charge in [0.05, 0.1) is 24.3 Å². The average molecular weight is 526 g/mol. The van der Waals surface area contributed by atoms with Gasteiger partial charge in [-0.15, -0.1) is 0 Å². The van der Waals surface area contributed by atoms with Crippen molar-refractivity contribution in [1.29, 1.82) is 0 Å². The molecule has 0 spiro atoms. The summed E-state index contributed by atoms with van der Waals surface area (Å²) in [5.74, 6) is 1.78. The lowest BCUT2D eigenvalue weighted by Crippen LogP contribution is -2.50. The largest absolute Gasteiger partial charge is 0.495 e. The van der Waals surface area contributed by atoms with E-state index in [4.69, 9.17) is 14.2 Å². The van der Waals surface area contributed by atoms with Gasteiger partial charge in [-0.3, -0.25) is 9.52 Å². The van der Waals surface area contributed by atoms with Crippen molar-refractivity contribution in [3.63, 3.8) is 0 Å². The molecule has 0 aromatic heterocycles. The highest BCUT2D eigenvalue weighted by molar-refractivity contribution is 7.92. The maximum absolute atomic E-state index is 12.7. The first kappa shape index (κ1) is 26.2. The highest BCUT2D eigenvalue weighted by Crippen LogP contribution is 2.28. The second-order valence-corrected chi connectivity index (χ2v) is 10.0. The number of hydrogen-bond acceptors (Lipinski definition) is 7. The minimum atomic E-state index is -3.77. The summed E-state index contributed by atoms with van der Waals surface area (Å²) in [6.07, 6.45) is 0. The van der Waals surface area contributed by atoms with E-state index in [2.05, 4.69) is 9.62 Å². The minimum absolute atomic E-state index is 0.0903. The molecule has 1 amide bonds. The van der Waals surface area contributed by atoms with Crippen molar-refractivity contribution in [2.45, 2.75) is 11.8 Å². The van der Waals surface area contributed by atoms with Gasteiger partial charge < -0.3 is 24.0 Å². The van der Waals surface area contributed by atoms with Crippen LogP contribution in [-0.4, -0.2) is 65.7 Å². The smallest absolute Gasteiger partial charge is 0.261 e. The number of nitrogens with one attached hydrogen (secondary N) is 1. The van der Waals surface area contributed by atoms with Crippen molar-refractivity contribution in [3.05, 3.63) is 72.8 Å². The van der Waals surface area contributed by atoms with Crippen LogP contribution in [0.3, 0.4) is 0 Å². The van der Waals surface area contributed by atoms with Crippen LogP contribution < -0.4 is 23.8 Å². The molecule has 9 nitrogen and oxygen atoms in total. The van der Waals surface area contributed by atoms with Crippen LogP contribution >= 0.6 is 0 Å². The Labute approximate surface area is 217 Å². The lowest BCUT2D eigenvalue weighted by atomic mass is 10.2. The standard InChI is InChI=1S/C27H31N3O6S/c1-3-35-22-10-8-21(9-11-22)28-37(32,33)24-14-12-23(13-15-24)36-20-27(31)30-18-16-29(17-19-30)25-6-4-5-7-26(25)34-2/h4-15,28H,3,16-20H2,1-2H3. The van der Waals surface area contributed by atoms with Crippen molar-refractivity contribution < 1.29 is 27.4 Å². The first-order valence-corrected chi connectivity index (χ1v) is 13.5. The molecule has 0 saturated carbocycles. The molecule has 0 atom stereocenters. The molecule has 1 saturated heterocycles. The minimum Gasteiger partial charge on any atom is -0.495 e. The van der Waals surface area contributed by atoms with E-state index in [0.29, 0.717) is 50.0 Å². The Morgan fingerprint density at radius 2 is 1.49 bits per heavy atom. The van der Waals surface area contributed by atoms with Gasteiger partial charge in [0.1, 0.15) is 17.2 Å². The zero-order valence-electron chi connectivity index (χ0n) is 20.9. The summed E-state index contributed by atoms with van der Waals surface area (Å²) in [4.78, 5) is 16.7. The van der Waals surface area contributed by atoms with Crippen molar-refractivity contribution >= 4 is 27.3 Å². The van der Waals surface area contributed by atoms with Crippen LogP contribution in [0.2, 0.25) is 0 Å². The van der Waals surface area contributed by atoms with Gasteiger partial charge in [0.2, 0.25) is 0 Å². The number of amides is 1. The predicted octanol–water partition coefficient (Wildman–Crippen LogP) is 3.62. The third kappa shape index (κ3) is 6.65. The Kier molecular flexibility index (Phi) is 8.39. The van der Waals surface area contributed by atoms with Crippen LogP contribution in [0.15, 0.2) is 77.7 Å². The maximum Gasteiger partial charge on any atom is 0.261 e. The first-order chi connectivity index (χ1) is 17.9. The Balaban J connectivity index is 1.27. The summed E-state index contributed by atoms with van der Waals surface area (Å²) in [5, 5.41) is 0. The fourth-order valence-electron chi connectivity index (χ4n) is 4.04. The molecule has 3 aromatic carbocycles. The number of methoxy groups -OCH3 is 1. The number of ether oxygens (including phenoxy) is 3. The van der Waals surface area contributed by atoms with Crippen LogP contribution in [-0.2, 0) is 14.8 Å². The van der Waals surface area contributed by atoms with Crippen molar-refractivity contribution in [2.24, 2.45) is 0 Å². The first-order valence-electron chi connectivity index (χ1n) is 12.0. The van der Waals surface area contributed by atoms with Crippen LogP contribution in [0.5, 0.6) is 17.2 Å². The van der Waals surface area contributed by atoms with Crippen molar-refractivity contribution in [1.82, 2.24) is 4.90 Å². The average Bonchev–Trinajstić information content (AvgIpc) is 2.93. The molecule has 37 heavy (non-hydrogen) atoms. The van der Waals surface area contributed by atoms with Gasteiger partial charge in [0, 0.05) is 31.9 Å². The summed E-state index contributed by atoms with van der Waals surface area (Å²) >= 11 is 0. The number of anilines is 2. The third-order valence-corrected chi connectivity index (χ3v) is 7.37. The van der Waals surface area contributed by atoms with Crippen molar-refractivity contribution in [3.8, 4) is 17.2 Å². The van der Waals surface area contributed by atoms with E-state index < -0.39 is 10.0 Å². The van der Waals surface area contributed by atoms with Crippen LogP contribution in [0.1, 0.15) is 6.92 Å². The zero-order valence-corrected chi connectivity index (χ0v) is 21.7. The molecule has 1 heterocycles. The molecule has 1 aliphatic rings. The molecular formula is C27H31N3O6S. The number of carbonyl (C=O) groups is 1. The normalized spacial score (nSPS) is 13.7. The molecule has 1 N–H and O–H groups in total. The SMILES string of the molecule is CCOc1ccc(NS(=O)(=O)c2ccc(OCC(=O)N3CCN(c4ccccc4OC)CC3)cc2)cc1. The third-order valence-electron chi connectivity index (χ3n) is 5.97. The number of rotatable bonds is 10. The monoisotopic (exact) mass is 525 g/mol. The molecule has 3 aromatic rings. The van der Waals surface area contributed by atoms with E-state index in [1.54, 1.807) is 48.4 Å². The Morgan fingerprint density at radius 3 is 2.14 bits per heavy atom. The van der Waals surface area contributed by atoms with Gasteiger partial charge in [-0.2, -0.15) is 0 Å². The zero-order chi connectivity index (χ0) is 26.3. The lowest BCUT2D eigenvalue weighted by Gasteiger charge is -2.36. The lowest BCUT2D eigenvalue weighted by molar-refractivity contribution is -0.133. The number of piperazine rings is 1. The van der Waals surface area contributed by atoms with Crippen molar-refractivity contribution in [2.75, 3.05) is 56.1 Å². The van der Waals surface area contributed by atoms with E-state index in [9.17, 15) is 13.2 Å². The molecule has 10 heteroatoms. The number of sulfonamides is 1. The molecule has 4 rings (SSSR count). The van der Waals surface area contributed by atoms with Gasteiger partial charge in [-0.1, -0.05) is 12.1 Å². The number of carbonyl (C=O) groups excluding carboxylic acids is 1. The number of para-hydroxylation sites is 2. The topological polar surface area (TPSA) is 97.4 Å². The second-order valence-electron chi connectivity index (χ2n) is 8.36. The summed E-state index contributed by atoms with van der Waals surface area (Å²) in [7, 11) is -2.12. The van der Waals surface area contributed by atoms with Crippen LogP contribution in [0.4, 0.5) is 11.4 Å². The summed E-state index contributed by atoms with van der Waals surface area (Å²) in [5.41, 5.74) is 1.44. The van der Waals surface area contributed by atoms with Gasteiger partial charge in [-0.05, 0) is 67.6 Å². The Morgan fingerprint density at radius 1 is 0.865 bits per heavy atom. The van der Waals surface area contributed by atoms with E-state index in [0.717, 1.165) is 11.4 Å². The van der Waals surface area contributed by atoms with Gasteiger partial charge in [0.15, 0.2) is 6.61 Å². The van der Waals surface area contributed by atoms with E-state index in [1.807, 2.05) is 31.2 Å². The molecule has 1 fully saturated rings. The molecule has 0 bridgehead atoms. The van der Waals surface area contributed by atoms with E-state index in [1.165, 1.54) is 12.1 Å². The highest BCUT2D eigenvalue weighted by atomic mass is 32.2. The highest BCUT2D eigenvalue weighted by Gasteiger charge is 2.23. The second kappa shape index (κ2) is 11.9. The van der Waals surface area contributed by atoms with Gasteiger partial charge in [0.25, 0.3) is 15.9 Å². The van der Waals surface area contributed by atoms with Gasteiger partial charge >= 0.3 is 0 Å². The molecule has 0 aliphatic carbocycles. The van der Waals surface area contributed by atoms with Crippen LogP contribution in [0, 0.1) is 0 Å². The molecular weight excluding hydrogens is 494 g/mol.